The minimum absolute atomic E-state index is 0.0847. The molecule has 0 aromatic heterocycles. The first-order chi connectivity index (χ1) is 9.10. The number of hydrogen-bond acceptors (Lipinski definition) is 2. The second-order valence-corrected chi connectivity index (χ2v) is 5.92. The van der Waals surface area contributed by atoms with E-state index in [0.717, 1.165) is 13.1 Å². The Morgan fingerprint density at radius 1 is 1.21 bits per heavy atom. The Balaban J connectivity index is 1.77. The summed E-state index contributed by atoms with van der Waals surface area (Å²) in [6.45, 7) is 3.74. The lowest BCUT2D eigenvalue weighted by Crippen LogP contribution is -2.44. The van der Waals surface area contributed by atoms with Crippen molar-refractivity contribution in [1.29, 1.82) is 0 Å². The SMILES string of the molecule is CCC(CNC(=O)N(CC1CC1)CC1CC1)C(=O)O. The second kappa shape index (κ2) is 6.26. The molecule has 0 bridgehead atoms. The summed E-state index contributed by atoms with van der Waals surface area (Å²) >= 11 is 0. The summed E-state index contributed by atoms with van der Waals surface area (Å²) in [7, 11) is 0. The molecule has 1 atom stereocenters. The monoisotopic (exact) mass is 268 g/mol. The maximum absolute atomic E-state index is 12.1. The highest BCUT2D eigenvalue weighted by Crippen LogP contribution is 2.33. The van der Waals surface area contributed by atoms with Gasteiger partial charge in [-0.15, -0.1) is 0 Å². The van der Waals surface area contributed by atoms with Crippen LogP contribution in [0.25, 0.3) is 0 Å². The van der Waals surface area contributed by atoms with Gasteiger partial charge in [0.2, 0.25) is 0 Å². The van der Waals surface area contributed by atoms with Crippen LogP contribution in [0, 0.1) is 17.8 Å². The molecule has 2 N–H and O–H groups in total. The molecule has 0 heterocycles. The molecule has 2 saturated carbocycles. The molecular formula is C14H24N2O3. The van der Waals surface area contributed by atoms with Crippen molar-refractivity contribution in [3.8, 4) is 0 Å². The van der Waals surface area contributed by atoms with Crippen molar-refractivity contribution in [2.75, 3.05) is 19.6 Å². The molecule has 0 aromatic carbocycles. The molecule has 0 aromatic rings. The number of carbonyl (C=O) groups is 2. The van der Waals surface area contributed by atoms with Gasteiger partial charge in [0, 0.05) is 19.6 Å². The van der Waals surface area contributed by atoms with Crippen LogP contribution in [0.2, 0.25) is 0 Å². The molecule has 5 heteroatoms. The minimum Gasteiger partial charge on any atom is -0.481 e. The van der Waals surface area contributed by atoms with Crippen molar-refractivity contribution in [3.05, 3.63) is 0 Å². The third-order valence-corrected chi connectivity index (χ3v) is 3.98. The van der Waals surface area contributed by atoms with Crippen LogP contribution >= 0.6 is 0 Å². The summed E-state index contributed by atoms with van der Waals surface area (Å²) in [6.07, 6.45) is 5.44. The molecule has 2 amide bonds. The summed E-state index contributed by atoms with van der Waals surface area (Å²) in [4.78, 5) is 25.0. The first kappa shape index (κ1) is 14.2. The van der Waals surface area contributed by atoms with E-state index >= 15 is 0 Å². The molecule has 2 aliphatic rings. The number of carboxylic acids is 1. The van der Waals surface area contributed by atoms with Crippen molar-refractivity contribution in [2.24, 2.45) is 17.8 Å². The summed E-state index contributed by atoms with van der Waals surface area (Å²) in [5, 5.41) is 11.8. The van der Waals surface area contributed by atoms with Gasteiger partial charge in [0.25, 0.3) is 0 Å². The van der Waals surface area contributed by atoms with Gasteiger partial charge < -0.3 is 15.3 Å². The van der Waals surface area contributed by atoms with Gasteiger partial charge in [-0.05, 0) is 43.9 Å². The zero-order valence-corrected chi connectivity index (χ0v) is 11.6. The fourth-order valence-electron chi connectivity index (χ4n) is 2.19. The normalized spacial score (nSPS) is 19.8. The Bertz CT molecular complexity index is 324. The quantitative estimate of drug-likeness (QED) is 0.706. The van der Waals surface area contributed by atoms with Gasteiger partial charge in [0.15, 0.2) is 0 Å². The largest absolute Gasteiger partial charge is 0.481 e. The molecule has 108 valence electrons. The lowest BCUT2D eigenvalue weighted by Gasteiger charge is -2.24. The summed E-state index contributed by atoms with van der Waals surface area (Å²) in [5.74, 6) is 0.0308. The number of nitrogens with one attached hydrogen (secondary N) is 1. The molecule has 1 unspecified atom stereocenters. The fourth-order valence-corrected chi connectivity index (χ4v) is 2.19. The first-order valence-electron chi connectivity index (χ1n) is 7.35. The molecular weight excluding hydrogens is 244 g/mol. The van der Waals surface area contributed by atoms with Gasteiger partial charge in [-0.1, -0.05) is 6.92 Å². The van der Waals surface area contributed by atoms with E-state index in [0.29, 0.717) is 18.3 Å². The van der Waals surface area contributed by atoms with Crippen LogP contribution in [-0.2, 0) is 4.79 Å². The topological polar surface area (TPSA) is 69.6 Å². The molecule has 0 saturated heterocycles. The maximum atomic E-state index is 12.1. The fraction of sp³-hybridized carbons (Fsp3) is 0.857. The van der Waals surface area contributed by atoms with Crippen molar-refractivity contribution in [1.82, 2.24) is 10.2 Å². The molecule has 0 aliphatic heterocycles. The van der Waals surface area contributed by atoms with E-state index in [1.54, 1.807) is 0 Å². The van der Waals surface area contributed by atoms with Gasteiger partial charge in [-0.25, -0.2) is 4.79 Å². The molecule has 2 fully saturated rings. The minimum atomic E-state index is -0.835. The van der Waals surface area contributed by atoms with Crippen LogP contribution in [0.15, 0.2) is 0 Å². The number of carbonyl (C=O) groups excluding carboxylic acids is 1. The van der Waals surface area contributed by atoms with Crippen LogP contribution in [0.1, 0.15) is 39.0 Å². The van der Waals surface area contributed by atoms with Gasteiger partial charge >= 0.3 is 12.0 Å². The Morgan fingerprint density at radius 3 is 2.11 bits per heavy atom. The van der Waals surface area contributed by atoms with E-state index in [9.17, 15) is 9.59 Å². The zero-order valence-electron chi connectivity index (χ0n) is 11.6. The summed E-state index contributed by atoms with van der Waals surface area (Å²) in [5.41, 5.74) is 0. The van der Waals surface area contributed by atoms with E-state index in [1.165, 1.54) is 25.7 Å². The predicted molar refractivity (Wildman–Crippen MR) is 71.8 cm³/mol. The Labute approximate surface area is 114 Å². The van der Waals surface area contributed by atoms with Crippen molar-refractivity contribution in [3.63, 3.8) is 0 Å². The third kappa shape index (κ3) is 4.73. The van der Waals surface area contributed by atoms with Crippen molar-refractivity contribution in [2.45, 2.75) is 39.0 Å². The number of nitrogens with zero attached hydrogens (tertiary/aromatic N) is 1. The van der Waals surface area contributed by atoms with Gasteiger partial charge in [0.05, 0.1) is 5.92 Å². The summed E-state index contributed by atoms with van der Waals surface area (Å²) in [6, 6.07) is -0.0847. The molecule has 0 spiro atoms. The molecule has 2 aliphatic carbocycles. The van der Waals surface area contributed by atoms with Gasteiger partial charge in [0.1, 0.15) is 0 Å². The smallest absolute Gasteiger partial charge is 0.317 e. The molecule has 5 nitrogen and oxygen atoms in total. The highest BCUT2D eigenvalue weighted by atomic mass is 16.4. The average Bonchev–Trinajstić information content (AvgIpc) is 3.23. The van der Waals surface area contributed by atoms with Crippen LogP contribution in [-0.4, -0.2) is 41.6 Å². The predicted octanol–water partition coefficient (Wildman–Crippen LogP) is 1.93. The Morgan fingerprint density at radius 2 is 1.74 bits per heavy atom. The van der Waals surface area contributed by atoms with Crippen LogP contribution < -0.4 is 5.32 Å². The number of amides is 2. The van der Waals surface area contributed by atoms with Crippen LogP contribution in [0.4, 0.5) is 4.79 Å². The van der Waals surface area contributed by atoms with E-state index in [1.807, 2.05) is 11.8 Å². The number of aliphatic carboxylic acids is 1. The highest BCUT2D eigenvalue weighted by molar-refractivity contribution is 5.76. The molecule has 0 radical (unpaired) electrons. The standard InChI is InChI=1S/C14H24N2O3/c1-2-12(13(17)18)7-15-14(19)16(8-10-3-4-10)9-11-5-6-11/h10-12H,2-9H2,1H3,(H,15,19)(H,17,18). The van der Waals surface area contributed by atoms with Crippen LogP contribution in [0.3, 0.4) is 0 Å². The zero-order chi connectivity index (χ0) is 13.8. The summed E-state index contributed by atoms with van der Waals surface area (Å²) < 4.78 is 0. The second-order valence-electron chi connectivity index (χ2n) is 5.92. The van der Waals surface area contributed by atoms with Gasteiger partial charge in [-0.2, -0.15) is 0 Å². The lowest BCUT2D eigenvalue weighted by atomic mass is 10.1. The number of carboxylic acid groups (broad SMARTS) is 1. The Kier molecular flexibility index (Phi) is 4.66. The number of hydrogen-bond donors (Lipinski definition) is 2. The van der Waals surface area contributed by atoms with E-state index in [-0.39, 0.29) is 12.6 Å². The van der Waals surface area contributed by atoms with Crippen molar-refractivity contribution >= 4 is 12.0 Å². The van der Waals surface area contributed by atoms with Gasteiger partial charge in [-0.3, -0.25) is 4.79 Å². The van der Waals surface area contributed by atoms with Crippen LogP contribution in [0.5, 0.6) is 0 Å². The lowest BCUT2D eigenvalue weighted by molar-refractivity contribution is -0.141. The first-order valence-corrected chi connectivity index (χ1v) is 7.35. The Hall–Kier alpha value is -1.26. The number of urea groups is 1. The van der Waals surface area contributed by atoms with E-state index in [4.69, 9.17) is 5.11 Å². The molecule has 19 heavy (non-hydrogen) atoms. The maximum Gasteiger partial charge on any atom is 0.317 e. The highest BCUT2D eigenvalue weighted by Gasteiger charge is 2.31. The third-order valence-electron chi connectivity index (χ3n) is 3.98. The average molecular weight is 268 g/mol. The molecule has 2 rings (SSSR count). The van der Waals surface area contributed by atoms with Crippen molar-refractivity contribution < 1.29 is 14.7 Å². The number of rotatable bonds is 8. The van der Waals surface area contributed by atoms with E-state index in [2.05, 4.69) is 5.32 Å². The van der Waals surface area contributed by atoms with E-state index < -0.39 is 11.9 Å².